The molecule has 0 aromatic carbocycles. The highest BCUT2D eigenvalue weighted by Crippen LogP contribution is 2.34. The van der Waals surface area contributed by atoms with E-state index in [9.17, 15) is 31.1 Å². The fraction of sp³-hybridized carbons (Fsp3) is 0.421. The summed E-state index contributed by atoms with van der Waals surface area (Å²) in [7, 11) is 1.17. The molecule has 8 nitrogen and oxygen atoms in total. The number of fused-ring (bicyclic) bond motifs is 1. The summed E-state index contributed by atoms with van der Waals surface area (Å²) in [5.74, 6) is -2.81. The van der Waals surface area contributed by atoms with E-state index in [1.807, 2.05) is 0 Å². The molecule has 14 heteroatoms. The summed E-state index contributed by atoms with van der Waals surface area (Å²) < 4.78 is 80.1. The smallest absolute Gasteiger partial charge is 0.341 e. The Kier molecular flexibility index (Phi) is 5.41. The maximum absolute atomic E-state index is 13.1. The first-order valence-corrected chi connectivity index (χ1v) is 9.75. The van der Waals surface area contributed by atoms with Gasteiger partial charge in [0, 0.05) is 25.4 Å². The fourth-order valence-corrected chi connectivity index (χ4v) is 3.64. The van der Waals surface area contributed by atoms with Gasteiger partial charge in [0.2, 0.25) is 5.82 Å². The largest absolute Gasteiger partial charge is 0.453 e. The van der Waals surface area contributed by atoms with E-state index in [0.717, 1.165) is 16.9 Å². The van der Waals surface area contributed by atoms with Gasteiger partial charge in [0.1, 0.15) is 5.69 Å². The van der Waals surface area contributed by atoms with Crippen molar-refractivity contribution in [2.75, 3.05) is 0 Å². The SMILES string of the molecule is Cc1cnc(C(F)(F)F)cc1-c1cc2n(n1)CCC[C@@H]2NC(=O)c1nc(C(F)(F)F)nn1C. The molecule has 0 saturated heterocycles. The highest BCUT2D eigenvalue weighted by atomic mass is 19.4. The lowest BCUT2D eigenvalue weighted by Crippen LogP contribution is -2.34. The number of hydrogen-bond acceptors (Lipinski definition) is 5. The fourth-order valence-electron chi connectivity index (χ4n) is 3.64. The average Bonchev–Trinajstić information content (AvgIpc) is 3.31. The molecule has 3 aromatic heterocycles. The minimum Gasteiger partial charge on any atom is -0.341 e. The first-order valence-electron chi connectivity index (χ1n) is 9.75. The summed E-state index contributed by atoms with van der Waals surface area (Å²) >= 11 is 0. The average molecular weight is 473 g/mol. The van der Waals surface area contributed by atoms with Gasteiger partial charge in [-0.25, -0.2) is 4.68 Å². The predicted octanol–water partition coefficient (Wildman–Crippen LogP) is 3.68. The Morgan fingerprint density at radius 3 is 2.48 bits per heavy atom. The zero-order valence-corrected chi connectivity index (χ0v) is 17.3. The number of carbonyl (C=O) groups excluding carboxylic acids is 1. The van der Waals surface area contributed by atoms with E-state index < -0.39 is 41.6 Å². The third kappa shape index (κ3) is 4.41. The van der Waals surface area contributed by atoms with E-state index in [1.165, 1.54) is 7.05 Å². The molecule has 0 radical (unpaired) electrons. The molecule has 3 aromatic rings. The molecule has 4 rings (SSSR count). The molecule has 1 N–H and O–H groups in total. The van der Waals surface area contributed by atoms with Gasteiger partial charge in [-0.3, -0.25) is 14.5 Å². The summed E-state index contributed by atoms with van der Waals surface area (Å²) in [6, 6.07) is 1.85. The van der Waals surface area contributed by atoms with Crippen molar-refractivity contribution in [1.82, 2.24) is 34.8 Å². The molecule has 1 amide bonds. The number of pyridine rings is 1. The quantitative estimate of drug-likeness (QED) is 0.586. The van der Waals surface area contributed by atoms with E-state index in [1.54, 1.807) is 17.7 Å². The molecule has 4 heterocycles. The molecule has 0 aliphatic carbocycles. The molecular weight excluding hydrogens is 456 g/mol. The van der Waals surface area contributed by atoms with Crippen LogP contribution in [-0.2, 0) is 25.9 Å². The van der Waals surface area contributed by atoms with Crippen LogP contribution in [0.2, 0.25) is 0 Å². The number of hydrogen-bond donors (Lipinski definition) is 1. The maximum Gasteiger partial charge on any atom is 0.453 e. The van der Waals surface area contributed by atoms with Gasteiger partial charge < -0.3 is 5.32 Å². The van der Waals surface area contributed by atoms with Gasteiger partial charge in [0.15, 0.2) is 0 Å². The van der Waals surface area contributed by atoms with Crippen molar-refractivity contribution in [2.24, 2.45) is 7.05 Å². The molecule has 1 aliphatic heterocycles. The van der Waals surface area contributed by atoms with Crippen molar-refractivity contribution in [3.8, 4) is 11.3 Å². The van der Waals surface area contributed by atoms with Gasteiger partial charge in [-0.05, 0) is 37.5 Å². The monoisotopic (exact) mass is 473 g/mol. The molecule has 1 atom stereocenters. The van der Waals surface area contributed by atoms with Gasteiger partial charge in [0.25, 0.3) is 11.7 Å². The number of aryl methyl sites for hydroxylation is 3. The van der Waals surface area contributed by atoms with Crippen LogP contribution in [0.25, 0.3) is 11.3 Å². The topological polar surface area (TPSA) is 90.5 Å². The van der Waals surface area contributed by atoms with Crippen LogP contribution in [0.5, 0.6) is 0 Å². The number of aromatic nitrogens is 6. The maximum atomic E-state index is 13.1. The Hall–Kier alpha value is -3.45. The molecular formula is C19H17F6N7O. The Balaban J connectivity index is 1.63. The number of nitrogens with one attached hydrogen (secondary N) is 1. The molecule has 0 spiro atoms. The number of nitrogens with zero attached hydrogens (tertiary/aromatic N) is 6. The van der Waals surface area contributed by atoms with Crippen LogP contribution < -0.4 is 5.32 Å². The number of amides is 1. The molecule has 0 saturated carbocycles. The van der Waals surface area contributed by atoms with Crippen molar-refractivity contribution in [3.63, 3.8) is 0 Å². The number of rotatable bonds is 3. The third-order valence-electron chi connectivity index (χ3n) is 5.23. The van der Waals surface area contributed by atoms with Crippen molar-refractivity contribution >= 4 is 5.91 Å². The standard InChI is InChI=1S/C19H17F6N7O/c1-9-8-26-14(18(20,21)22)6-10(9)12-7-13-11(4-3-5-32(13)29-12)27-16(33)15-28-17(19(23,24)25)30-31(15)2/h6-8,11H,3-5H2,1-2H3,(H,27,33)/t11-/m0/s1. The molecule has 0 fully saturated rings. The lowest BCUT2D eigenvalue weighted by atomic mass is 10.0. The molecule has 1 aliphatic rings. The van der Waals surface area contributed by atoms with Crippen LogP contribution in [0, 0.1) is 6.92 Å². The number of carbonyl (C=O) groups is 1. The van der Waals surface area contributed by atoms with Crippen LogP contribution in [0.4, 0.5) is 26.3 Å². The molecule has 176 valence electrons. The van der Waals surface area contributed by atoms with Crippen LogP contribution in [-0.4, -0.2) is 35.4 Å². The lowest BCUT2D eigenvalue weighted by molar-refractivity contribution is -0.145. The second-order valence-electron chi connectivity index (χ2n) is 7.61. The van der Waals surface area contributed by atoms with Crippen molar-refractivity contribution in [1.29, 1.82) is 0 Å². The highest BCUT2D eigenvalue weighted by Gasteiger charge is 2.38. The Bertz CT molecular complexity index is 1210. The summed E-state index contributed by atoms with van der Waals surface area (Å²) in [6.45, 7) is 2.08. The van der Waals surface area contributed by atoms with Gasteiger partial charge >= 0.3 is 12.4 Å². The van der Waals surface area contributed by atoms with E-state index in [2.05, 4.69) is 25.5 Å². The van der Waals surface area contributed by atoms with Gasteiger partial charge in [0.05, 0.1) is 17.4 Å². The molecule has 0 unspecified atom stereocenters. The molecule has 0 bridgehead atoms. The van der Waals surface area contributed by atoms with Gasteiger partial charge in [-0.15, -0.1) is 5.10 Å². The lowest BCUT2D eigenvalue weighted by Gasteiger charge is -2.24. The van der Waals surface area contributed by atoms with Crippen molar-refractivity contribution in [2.45, 2.75) is 44.7 Å². The summed E-state index contributed by atoms with van der Waals surface area (Å²) in [6.07, 6.45) is -7.25. The normalized spacial score (nSPS) is 16.5. The minimum atomic E-state index is -4.80. The zero-order valence-electron chi connectivity index (χ0n) is 17.3. The second-order valence-corrected chi connectivity index (χ2v) is 7.61. The van der Waals surface area contributed by atoms with Crippen LogP contribution in [0.15, 0.2) is 18.3 Å². The minimum absolute atomic E-state index is 0.243. The Morgan fingerprint density at radius 1 is 1.12 bits per heavy atom. The number of alkyl halides is 6. The summed E-state index contributed by atoms with van der Waals surface area (Å²) in [5, 5.41) is 10.2. The van der Waals surface area contributed by atoms with Crippen molar-refractivity contribution < 1.29 is 31.1 Å². The Morgan fingerprint density at radius 2 is 1.85 bits per heavy atom. The van der Waals surface area contributed by atoms with E-state index in [0.29, 0.717) is 30.6 Å². The Labute approximate surface area is 182 Å². The number of halogens is 6. The van der Waals surface area contributed by atoms with Gasteiger partial charge in [-0.2, -0.15) is 36.4 Å². The summed E-state index contributed by atoms with van der Waals surface area (Å²) in [5.41, 5.74) is 0.467. The van der Waals surface area contributed by atoms with E-state index in [4.69, 9.17) is 0 Å². The molecule has 33 heavy (non-hydrogen) atoms. The van der Waals surface area contributed by atoms with Gasteiger partial charge in [-0.1, -0.05) is 0 Å². The van der Waals surface area contributed by atoms with Crippen LogP contribution >= 0.6 is 0 Å². The highest BCUT2D eigenvalue weighted by molar-refractivity contribution is 5.91. The van der Waals surface area contributed by atoms with E-state index >= 15 is 0 Å². The zero-order chi connectivity index (χ0) is 24.1. The van der Waals surface area contributed by atoms with Crippen molar-refractivity contribution in [3.05, 3.63) is 46.9 Å². The van der Waals surface area contributed by atoms with Crippen LogP contribution in [0.1, 0.15) is 52.3 Å². The first-order chi connectivity index (χ1) is 15.3. The first kappa shape index (κ1) is 22.7. The predicted molar refractivity (Wildman–Crippen MR) is 101 cm³/mol. The van der Waals surface area contributed by atoms with E-state index in [-0.39, 0.29) is 11.3 Å². The third-order valence-corrected chi connectivity index (χ3v) is 5.23. The second kappa shape index (κ2) is 7.85. The van der Waals surface area contributed by atoms with Crippen LogP contribution in [0.3, 0.4) is 0 Å². The summed E-state index contributed by atoms with van der Waals surface area (Å²) in [4.78, 5) is 19.3.